The van der Waals surface area contributed by atoms with Crippen LogP contribution in [0.5, 0.6) is 5.75 Å². The molecule has 0 heterocycles. The van der Waals surface area contributed by atoms with Crippen LogP contribution in [-0.4, -0.2) is 32.1 Å². The van der Waals surface area contributed by atoms with Crippen molar-refractivity contribution in [3.05, 3.63) is 35.4 Å². The number of allylic oxidation sites excluding steroid dienone is 1. The molecule has 0 aliphatic heterocycles. The summed E-state index contributed by atoms with van der Waals surface area (Å²) in [6, 6.07) is 6.72. The molecule has 1 aromatic rings. The zero-order chi connectivity index (χ0) is 19.8. The number of unbranched alkanes of at least 4 members (excludes halogenated alkanes) is 5. The molecule has 3 rings (SSSR count). The van der Waals surface area contributed by atoms with Crippen molar-refractivity contribution >= 4 is 6.08 Å². The van der Waals surface area contributed by atoms with Gasteiger partial charge in [-0.25, -0.2) is 0 Å². The summed E-state index contributed by atoms with van der Waals surface area (Å²) in [4.78, 5) is 2.58. The molecule has 28 heavy (non-hydrogen) atoms. The van der Waals surface area contributed by atoms with Crippen LogP contribution in [0, 0.1) is 5.92 Å². The van der Waals surface area contributed by atoms with Crippen molar-refractivity contribution < 1.29 is 4.74 Å². The fourth-order valence-electron chi connectivity index (χ4n) is 5.45. The molecule has 156 valence electrons. The molecular weight excluding hydrogens is 342 g/mol. The van der Waals surface area contributed by atoms with Gasteiger partial charge in [-0.2, -0.15) is 0 Å². The highest BCUT2D eigenvalue weighted by Gasteiger charge is 2.43. The quantitative estimate of drug-likeness (QED) is 0.388. The van der Waals surface area contributed by atoms with Crippen molar-refractivity contribution in [2.24, 2.45) is 5.92 Å². The van der Waals surface area contributed by atoms with E-state index in [1.54, 1.807) is 12.7 Å². The van der Waals surface area contributed by atoms with E-state index in [-0.39, 0.29) is 0 Å². The van der Waals surface area contributed by atoms with Crippen LogP contribution >= 0.6 is 0 Å². The monoisotopic (exact) mass is 383 g/mol. The Morgan fingerprint density at radius 2 is 1.89 bits per heavy atom. The lowest BCUT2D eigenvalue weighted by Crippen LogP contribution is -2.42. The fraction of sp³-hybridized carbons (Fsp3) is 0.692. The van der Waals surface area contributed by atoms with Crippen LogP contribution in [-0.2, 0) is 5.41 Å². The van der Waals surface area contributed by atoms with Gasteiger partial charge in [-0.1, -0.05) is 70.1 Å². The van der Waals surface area contributed by atoms with E-state index in [0.717, 1.165) is 5.75 Å². The summed E-state index contributed by atoms with van der Waals surface area (Å²) in [5.41, 5.74) is 3.27. The first-order valence-electron chi connectivity index (χ1n) is 11.7. The van der Waals surface area contributed by atoms with Crippen LogP contribution in [0.2, 0.25) is 0 Å². The van der Waals surface area contributed by atoms with Gasteiger partial charge in [0.2, 0.25) is 0 Å². The van der Waals surface area contributed by atoms with Gasteiger partial charge in [0.1, 0.15) is 5.75 Å². The molecule has 0 N–H and O–H groups in total. The van der Waals surface area contributed by atoms with E-state index in [2.05, 4.69) is 49.2 Å². The van der Waals surface area contributed by atoms with Gasteiger partial charge < -0.3 is 9.64 Å². The fourth-order valence-corrected chi connectivity index (χ4v) is 5.45. The lowest BCUT2D eigenvalue weighted by Gasteiger charge is -2.47. The maximum atomic E-state index is 5.59. The Labute approximate surface area is 173 Å². The molecule has 1 saturated carbocycles. The molecule has 2 aliphatic rings. The van der Waals surface area contributed by atoms with E-state index >= 15 is 0 Å². The second kappa shape index (κ2) is 10.5. The molecule has 2 heteroatoms. The van der Waals surface area contributed by atoms with Gasteiger partial charge in [-0.3, -0.25) is 0 Å². The highest BCUT2D eigenvalue weighted by Crippen LogP contribution is 2.51. The van der Waals surface area contributed by atoms with Crippen molar-refractivity contribution in [1.29, 1.82) is 0 Å². The Balaban J connectivity index is 1.62. The minimum atomic E-state index is 0.312. The van der Waals surface area contributed by atoms with E-state index in [1.165, 1.54) is 89.3 Å². The van der Waals surface area contributed by atoms with E-state index in [0.29, 0.717) is 11.3 Å². The molecule has 0 saturated heterocycles. The molecule has 0 amide bonds. The minimum Gasteiger partial charge on any atom is -0.497 e. The average molecular weight is 384 g/mol. The number of nitrogens with zero attached hydrogens (tertiary/aromatic N) is 1. The molecule has 1 fully saturated rings. The molecule has 2 nitrogen and oxygen atoms in total. The predicted molar refractivity (Wildman–Crippen MR) is 121 cm³/mol. The van der Waals surface area contributed by atoms with Gasteiger partial charge in [0.25, 0.3) is 0 Å². The summed E-state index contributed by atoms with van der Waals surface area (Å²) in [5, 5.41) is 0. The number of benzene rings is 1. The molecule has 0 aromatic heterocycles. The SMILES string of the molecule is CCCCCCCCN(C)CC[C@@]12CCCC[C@@H]1C=Cc1ccc(OC)cc12. The average Bonchev–Trinajstić information content (AvgIpc) is 2.74. The van der Waals surface area contributed by atoms with E-state index < -0.39 is 0 Å². The largest absolute Gasteiger partial charge is 0.497 e. The van der Waals surface area contributed by atoms with Crippen LogP contribution < -0.4 is 4.74 Å². The first-order chi connectivity index (χ1) is 13.7. The number of hydrogen-bond donors (Lipinski definition) is 0. The third-order valence-corrected chi connectivity index (χ3v) is 7.24. The zero-order valence-electron chi connectivity index (χ0n) is 18.5. The van der Waals surface area contributed by atoms with Gasteiger partial charge in [-0.05, 0) is 75.0 Å². The number of hydrogen-bond acceptors (Lipinski definition) is 2. The van der Waals surface area contributed by atoms with Crippen molar-refractivity contribution in [2.75, 3.05) is 27.2 Å². The Bertz CT molecular complexity index is 637. The summed E-state index contributed by atoms with van der Waals surface area (Å²) in [5.74, 6) is 1.71. The van der Waals surface area contributed by atoms with Crippen LogP contribution in [0.1, 0.15) is 88.7 Å². The van der Waals surface area contributed by atoms with E-state index in [4.69, 9.17) is 4.74 Å². The summed E-state index contributed by atoms with van der Waals surface area (Å²) >= 11 is 0. The molecule has 0 radical (unpaired) electrons. The van der Waals surface area contributed by atoms with Crippen molar-refractivity contribution in [2.45, 2.75) is 83.0 Å². The number of rotatable bonds is 11. The molecule has 1 aromatic carbocycles. The standard InChI is InChI=1S/C26H41NO/c1-4-5-6-7-8-11-19-27(2)20-18-26-17-10-9-12-23(26)15-13-22-14-16-24(28-3)21-25(22)26/h13-16,21,23H,4-12,17-20H2,1-3H3/t23-,26+/m1/s1. The van der Waals surface area contributed by atoms with Crippen LogP contribution in [0.25, 0.3) is 6.08 Å². The first kappa shape index (κ1) is 21.4. The maximum Gasteiger partial charge on any atom is 0.119 e. The third kappa shape index (κ3) is 5.00. The van der Waals surface area contributed by atoms with Crippen LogP contribution in [0.15, 0.2) is 24.3 Å². The lowest BCUT2D eigenvalue weighted by molar-refractivity contribution is 0.178. The maximum absolute atomic E-state index is 5.59. The van der Waals surface area contributed by atoms with Crippen molar-refractivity contribution in [1.82, 2.24) is 4.90 Å². The van der Waals surface area contributed by atoms with Crippen molar-refractivity contribution in [3.8, 4) is 5.75 Å². The normalized spacial score (nSPS) is 23.5. The summed E-state index contributed by atoms with van der Waals surface area (Å²) < 4.78 is 5.59. The first-order valence-corrected chi connectivity index (χ1v) is 11.7. The number of ether oxygens (including phenoxy) is 1. The van der Waals surface area contributed by atoms with Gasteiger partial charge >= 0.3 is 0 Å². The summed E-state index contributed by atoms with van der Waals surface area (Å²) in [7, 11) is 4.12. The topological polar surface area (TPSA) is 12.5 Å². The summed E-state index contributed by atoms with van der Waals surface area (Å²) in [6.07, 6.45) is 19.9. The van der Waals surface area contributed by atoms with Crippen molar-refractivity contribution in [3.63, 3.8) is 0 Å². The molecule has 0 bridgehead atoms. The smallest absolute Gasteiger partial charge is 0.119 e. The Kier molecular flexibility index (Phi) is 8.02. The van der Waals surface area contributed by atoms with E-state index in [9.17, 15) is 0 Å². The number of methoxy groups -OCH3 is 1. The van der Waals surface area contributed by atoms with Crippen LogP contribution in [0.4, 0.5) is 0 Å². The predicted octanol–water partition coefficient (Wildman–Crippen LogP) is 6.83. The van der Waals surface area contributed by atoms with Crippen LogP contribution in [0.3, 0.4) is 0 Å². The van der Waals surface area contributed by atoms with Gasteiger partial charge in [0.15, 0.2) is 0 Å². The highest BCUT2D eigenvalue weighted by atomic mass is 16.5. The second-order valence-electron chi connectivity index (χ2n) is 9.14. The Morgan fingerprint density at radius 1 is 1.07 bits per heavy atom. The second-order valence-corrected chi connectivity index (χ2v) is 9.14. The number of fused-ring (bicyclic) bond motifs is 3. The molecule has 2 atom stereocenters. The molecule has 2 aliphatic carbocycles. The Morgan fingerprint density at radius 3 is 2.71 bits per heavy atom. The minimum absolute atomic E-state index is 0.312. The van der Waals surface area contributed by atoms with Gasteiger partial charge in [0.05, 0.1) is 7.11 Å². The third-order valence-electron chi connectivity index (χ3n) is 7.24. The van der Waals surface area contributed by atoms with E-state index in [1.807, 2.05) is 0 Å². The van der Waals surface area contributed by atoms with Gasteiger partial charge in [-0.15, -0.1) is 0 Å². The molecule has 0 spiro atoms. The lowest BCUT2D eigenvalue weighted by atomic mass is 9.58. The highest BCUT2D eigenvalue weighted by molar-refractivity contribution is 5.62. The Hall–Kier alpha value is -1.28. The molecular formula is C26H41NO. The molecule has 0 unspecified atom stereocenters. The summed E-state index contributed by atoms with van der Waals surface area (Å²) in [6.45, 7) is 4.74. The zero-order valence-corrected chi connectivity index (χ0v) is 18.5. The van der Waals surface area contributed by atoms with Gasteiger partial charge in [0, 0.05) is 5.41 Å².